The van der Waals surface area contributed by atoms with Crippen LogP contribution in [0.5, 0.6) is 5.75 Å². The first-order valence-corrected chi connectivity index (χ1v) is 8.94. The number of halogens is 2. The molecule has 7 nitrogen and oxygen atoms in total. The summed E-state index contributed by atoms with van der Waals surface area (Å²) in [5, 5.41) is 0. The van der Waals surface area contributed by atoms with Crippen molar-refractivity contribution in [1.29, 1.82) is 0 Å². The molecule has 2 heterocycles. The number of esters is 1. The highest BCUT2D eigenvalue weighted by Gasteiger charge is 2.50. The van der Waals surface area contributed by atoms with Crippen LogP contribution >= 0.6 is 0 Å². The molecule has 9 heteroatoms. The molecule has 0 aromatic heterocycles. The summed E-state index contributed by atoms with van der Waals surface area (Å²) >= 11 is 0. The van der Waals surface area contributed by atoms with Gasteiger partial charge in [-0.15, -0.1) is 0 Å². The molecular weight excluding hydrogens is 374 g/mol. The first kappa shape index (κ1) is 20.0. The first-order valence-electron chi connectivity index (χ1n) is 8.94. The lowest BCUT2D eigenvalue weighted by molar-refractivity contribution is -0.147. The number of anilines is 1. The minimum atomic E-state index is -1.01. The van der Waals surface area contributed by atoms with Gasteiger partial charge >= 0.3 is 12.0 Å². The number of carbonyl (C=O) groups excluding carboxylic acids is 3. The average molecular weight is 396 g/mol. The molecule has 152 valence electrons. The number of fused-ring (bicyclic) bond motifs is 1. The fourth-order valence-corrected chi connectivity index (χ4v) is 3.50. The zero-order valence-electron chi connectivity index (χ0n) is 16.1. The van der Waals surface area contributed by atoms with Gasteiger partial charge in [-0.25, -0.2) is 18.5 Å². The molecule has 3 amide bonds. The van der Waals surface area contributed by atoms with Gasteiger partial charge < -0.3 is 14.4 Å². The number of ether oxygens (including phenoxy) is 2. The Morgan fingerprint density at radius 1 is 1.18 bits per heavy atom. The highest BCUT2D eigenvalue weighted by Crippen LogP contribution is 2.36. The number of imide groups is 1. The predicted octanol–water partition coefficient (Wildman–Crippen LogP) is 2.86. The number of hydrogen-bond donors (Lipinski definition) is 0. The normalized spacial score (nSPS) is 22.4. The summed E-state index contributed by atoms with van der Waals surface area (Å²) < 4.78 is 38.9. The van der Waals surface area contributed by atoms with Crippen LogP contribution in [-0.2, 0) is 14.3 Å². The number of amides is 3. The maximum atomic E-state index is 14.4. The van der Waals surface area contributed by atoms with E-state index in [4.69, 9.17) is 9.47 Å². The van der Waals surface area contributed by atoms with Crippen molar-refractivity contribution in [2.75, 3.05) is 18.6 Å². The van der Waals surface area contributed by atoms with E-state index in [0.717, 1.165) is 17.0 Å². The second kappa shape index (κ2) is 7.03. The van der Waals surface area contributed by atoms with Gasteiger partial charge in [0.05, 0.1) is 18.7 Å². The van der Waals surface area contributed by atoms with E-state index in [2.05, 4.69) is 0 Å². The van der Waals surface area contributed by atoms with Crippen molar-refractivity contribution in [2.24, 2.45) is 5.92 Å². The van der Waals surface area contributed by atoms with E-state index in [-0.39, 0.29) is 18.7 Å². The highest BCUT2D eigenvalue weighted by atomic mass is 19.1. The Bertz CT molecular complexity index is 813. The van der Waals surface area contributed by atoms with E-state index in [1.165, 1.54) is 12.0 Å². The Morgan fingerprint density at radius 3 is 2.32 bits per heavy atom. The predicted molar refractivity (Wildman–Crippen MR) is 94.9 cm³/mol. The van der Waals surface area contributed by atoms with Crippen molar-refractivity contribution in [3.05, 3.63) is 23.8 Å². The van der Waals surface area contributed by atoms with Crippen LogP contribution in [0.3, 0.4) is 0 Å². The largest absolute Gasteiger partial charge is 0.482 e. The summed E-state index contributed by atoms with van der Waals surface area (Å²) in [5.74, 6) is -4.16. The number of hydrogen-bond acceptors (Lipinski definition) is 5. The molecule has 0 radical (unpaired) electrons. The molecule has 2 fully saturated rings. The van der Waals surface area contributed by atoms with E-state index >= 15 is 0 Å². The van der Waals surface area contributed by atoms with Gasteiger partial charge in [0.2, 0.25) is 0 Å². The van der Waals surface area contributed by atoms with Gasteiger partial charge in [0.1, 0.15) is 11.6 Å². The van der Waals surface area contributed by atoms with Crippen molar-refractivity contribution in [1.82, 2.24) is 4.90 Å². The molecule has 0 aliphatic carbocycles. The third-order valence-corrected chi connectivity index (χ3v) is 4.73. The first-order chi connectivity index (χ1) is 13.0. The Labute approximate surface area is 161 Å². The number of methoxy groups -OCH3 is 1. The number of urea groups is 1. The van der Waals surface area contributed by atoms with E-state index in [0.29, 0.717) is 6.42 Å². The molecule has 1 aromatic carbocycles. The molecule has 0 bridgehead atoms. The molecule has 2 saturated heterocycles. The zero-order chi connectivity index (χ0) is 20.8. The number of rotatable bonds is 3. The smallest absolute Gasteiger partial charge is 0.332 e. The number of benzene rings is 1. The van der Waals surface area contributed by atoms with Crippen LogP contribution in [0.2, 0.25) is 0 Å². The zero-order valence-corrected chi connectivity index (χ0v) is 16.1. The SMILES string of the molecule is COC(=O)[C@@H]1CCN2C(=O)N(c3cc(F)c(OC(C)(C)C)c(F)c3)C(=O)[C@@H]2C1. The number of piperidine rings is 1. The average Bonchev–Trinajstić information content (AvgIpc) is 2.87. The van der Waals surface area contributed by atoms with E-state index in [1.807, 2.05) is 0 Å². The van der Waals surface area contributed by atoms with Crippen molar-refractivity contribution in [2.45, 2.75) is 45.3 Å². The monoisotopic (exact) mass is 396 g/mol. The Kier molecular flexibility index (Phi) is 5.03. The van der Waals surface area contributed by atoms with Crippen LogP contribution in [0.15, 0.2) is 12.1 Å². The second-order valence-corrected chi connectivity index (χ2v) is 7.86. The van der Waals surface area contributed by atoms with Gasteiger partial charge in [-0.05, 0) is 33.6 Å². The molecular formula is C19H22F2N2O5. The number of carbonyl (C=O) groups is 3. The summed E-state index contributed by atoms with van der Waals surface area (Å²) in [6, 6.07) is 0.274. The molecule has 3 rings (SSSR count). The van der Waals surface area contributed by atoms with Gasteiger partial charge in [-0.2, -0.15) is 0 Å². The molecule has 0 unspecified atom stereocenters. The fourth-order valence-electron chi connectivity index (χ4n) is 3.50. The lowest BCUT2D eigenvalue weighted by atomic mass is 9.91. The summed E-state index contributed by atoms with van der Waals surface area (Å²) in [7, 11) is 1.26. The van der Waals surface area contributed by atoms with Crippen molar-refractivity contribution in [3.63, 3.8) is 0 Å². The van der Waals surface area contributed by atoms with Crippen LogP contribution in [0.25, 0.3) is 0 Å². The van der Waals surface area contributed by atoms with E-state index in [1.54, 1.807) is 20.8 Å². The fraction of sp³-hybridized carbons (Fsp3) is 0.526. The molecule has 2 aliphatic rings. The lowest BCUT2D eigenvalue weighted by Crippen LogP contribution is -2.44. The van der Waals surface area contributed by atoms with Crippen LogP contribution in [-0.4, -0.2) is 48.1 Å². The van der Waals surface area contributed by atoms with Gasteiger partial charge in [-0.3, -0.25) is 9.59 Å². The third kappa shape index (κ3) is 3.53. The third-order valence-electron chi connectivity index (χ3n) is 4.73. The summed E-state index contributed by atoms with van der Waals surface area (Å²) in [5.41, 5.74) is -1.04. The molecule has 28 heavy (non-hydrogen) atoms. The van der Waals surface area contributed by atoms with Crippen molar-refractivity contribution >= 4 is 23.6 Å². The highest BCUT2D eigenvalue weighted by molar-refractivity contribution is 6.21. The number of nitrogens with zero attached hydrogens (tertiary/aromatic N) is 2. The Hall–Kier alpha value is -2.71. The summed E-state index contributed by atoms with van der Waals surface area (Å²) in [6.45, 7) is 5.11. The van der Waals surface area contributed by atoms with Gasteiger partial charge in [0.15, 0.2) is 17.4 Å². The van der Waals surface area contributed by atoms with Crippen molar-refractivity contribution in [3.8, 4) is 5.75 Å². The van der Waals surface area contributed by atoms with Crippen molar-refractivity contribution < 1.29 is 32.6 Å². The molecule has 0 N–H and O–H groups in total. The molecule has 0 spiro atoms. The summed E-state index contributed by atoms with van der Waals surface area (Å²) in [6.07, 6.45) is 0.473. The maximum Gasteiger partial charge on any atom is 0.332 e. The van der Waals surface area contributed by atoms with Crippen LogP contribution in [0.4, 0.5) is 19.3 Å². The quantitative estimate of drug-likeness (QED) is 0.580. The van der Waals surface area contributed by atoms with Gasteiger partial charge in [0, 0.05) is 18.7 Å². The van der Waals surface area contributed by atoms with Crippen LogP contribution < -0.4 is 9.64 Å². The molecule has 0 saturated carbocycles. The van der Waals surface area contributed by atoms with Crippen LogP contribution in [0, 0.1) is 17.6 Å². The molecule has 1 aromatic rings. The molecule has 2 atom stereocenters. The minimum Gasteiger partial charge on any atom is -0.482 e. The maximum absolute atomic E-state index is 14.4. The van der Waals surface area contributed by atoms with E-state index < -0.39 is 52.9 Å². The van der Waals surface area contributed by atoms with Gasteiger partial charge in [0.25, 0.3) is 5.91 Å². The topological polar surface area (TPSA) is 76.2 Å². The lowest BCUT2D eigenvalue weighted by Gasteiger charge is -2.30. The Morgan fingerprint density at radius 2 is 1.79 bits per heavy atom. The second-order valence-electron chi connectivity index (χ2n) is 7.86. The van der Waals surface area contributed by atoms with Gasteiger partial charge in [-0.1, -0.05) is 0 Å². The molecule has 2 aliphatic heterocycles. The summed E-state index contributed by atoms with van der Waals surface area (Å²) in [4.78, 5) is 39.3. The standard InChI is InChI=1S/C19H22F2N2O5/c1-19(2,3)28-15-12(20)8-11(9-13(15)21)23-16(24)14-7-10(17(25)27-4)5-6-22(14)18(23)26/h8-10,14H,5-7H2,1-4H3/t10-,14+/m1/s1. The Balaban J connectivity index is 1.89. The van der Waals surface area contributed by atoms with E-state index in [9.17, 15) is 23.2 Å². The van der Waals surface area contributed by atoms with Crippen LogP contribution in [0.1, 0.15) is 33.6 Å². The minimum absolute atomic E-state index is 0.115.